The Bertz CT molecular complexity index is 611. The number of amides is 1. The summed E-state index contributed by atoms with van der Waals surface area (Å²) in [4.78, 5) is 11.9. The van der Waals surface area contributed by atoms with Crippen molar-refractivity contribution in [3.63, 3.8) is 0 Å². The normalized spacial score (nSPS) is 10.1. The van der Waals surface area contributed by atoms with Crippen LogP contribution in [0.1, 0.15) is 11.1 Å². The van der Waals surface area contributed by atoms with Crippen LogP contribution >= 0.6 is 0 Å². The van der Waals surface area contributed by atoms with Gasteiger partial charge in [0.05, 0.1) is 13.5 Å². The first kappa shape index (κ1) is 14.9. The summed E-state index contributed by atoms with van der Waals surface area (Å²) in [5.74, 6) is 0.821. The Hall–Kier alpha value is -2.49. The molecule has 0 aromatic heterocycles. The number of benzene rings is 2. The summed E-state index contributed by atoms with van der Waals surface area (Å²) in [7, 11) is 1.65. The lowest BCUT2D eigenvalue weighted by molar-refractivity contribution is -0.120. The molecule has 1 amide bonds. The largest absolute Gasteiger partial charge is 0.496 e. The molecule has 0 aliphatic carbocycles. The fourth-order valence-electron chi connectivity index (χ4n) is 2.18. The Labute approximate surface area is 124 Å². The molecule has 0 unspecified atom stereocenters. The van der Waals surface area contributed by atoms with E-state index in [9.17, 15) is 4.79 Å². The molecule has 0 spiro atoms. The van der Waals surface area contributed by atoms with Crippen LogP contribution in [-0.4, -0.2) is 19.6 Å². The molecule has 0 atom stereocenters. The van der Waals surface area contributed by atoms with Gasteiger partial charge in [0.25, 0.3) is 0 Å². The standard InChI is InChI=1S/C17H20N2O2/c1-21-16-9-5-3-6-13(16)10-11-19-17(20)12-14-7-2-4-8-15(14)18/h2-9H,10-12,18H2,1H3,(H,19,20). The second kappa shape index (κ2) is 7.33. The van der Waals surface area contributed by atoms with Gasteiger partial charge in [0, 0.05) is 12.2 Å². The highest BCUT2D eigenvalue weighted by molar-refractivity contribution is 5.80. The van der Waals surface area contributed by atoms with Gasteiger partial charge in [-0.05, 0) is 29.7 Å². The molecule has 0 bridgehead atoms. The number of nitrogens with one attached hydrogen (secondary N) is 1. The van der Waals surface area contributed by atoms with Gasteiger partial charge in [-0.25, -0.2) is 0 Å². The van der Waals surface area contributed by atoms with Gasteiger partial charge >= 0.3 is 0 Å². The molecule has 0 heterocycles. The number of nitrogens with two attached hydrogens (primary N) is 1. The number of hydrogen-bond donors (Lipinski definition) is 2. The van der Waals surface area contributed by atoms with Gasteiger partial charge in [-0.1, -0.05) is 36.4 Å². The average Bonchev–Trinajstić information content (AvgIpc) is 2.50. The molecule has 0 fully saturated rings. The van der Waals surface area contributed by atoms with Crippen LogP contribution in [0, 0.1) is 0 Å². The van der Waals surface area contributed by atoms with Gasteiger partial charge in [0.2, 0.25) is 5.91 Å². The van der Waals surface area contributed by atoms with Crippen molar-refractivity contribution in [2.45, 2.75) is 12.8 Å². The van der Waals surface area contributed by atoms with E-state index in [4.69, 9.17) is 10.5 Å². The molecule has 0 aliphatic heterocycles. The van der Waals surface area contributed by atoms with E-state index in [0.29, 0.717) is 18.7 Å². The minimum atomic E-state index is -0.0252. The molecule has 0 radical (unpaired) electrons. The van der Waals surface area contributed by atoms with Crippen LogP contribution in [0.3, 0.4) is 0 Å². The molecule has 110 valence electrons. The van der Waals surface area contributed by atoms with Crippen molar-refractivity contribution < 1.29 is 9.53 Å². The third kappa shape index (κ3) is 4.24. The Kier molecular flexibility index (Phi) is 5.21. The number of para-hydroxylation sites is 2. The van der Waals surface area contributed by atoms with Crippen molar-refractivity contribution in [2.24, 2.45) is 0 Å². The maximum Gasteiger partial charge on any atom is 0.224 e. The number of hydrogen-bond acceptors (Lipinski definition) is 3. The molecule has 3 N–H and O–H groups in total. The first-order chi connectivity index (χ1) is 10.2. The van der Waals surface area contributed by atoms with E-state index < -0.39 is 0 Å². The minimum absolute atomic E-state index is 0.0252. The maximum absolute atomic E-state index is 11.9. The van der Waals surface area contributed by atoms with Crippen LogP contribution in [0.5, 0.6) is 5.75 Å². The van der Waals surface area contributed by atoms with E-state index in [-0.39, 0.29) is 5.91 Å². The molecule has 0 saturated carbocycles. The predicted octanol–water partition coefficient (Wildman–Crippen LogP) is 2.18. The molecule has 0 aliphatic rings. The Morgan fingerprint density at radius 1 is 1.10 bits per heavy atom. The highest BCUT2D eigenvalue weighted by Crippen LogP contribution is 2.17. The lowest BCUT2D eigenvalue weighted by atomic mass is 10.1. The summed E-state index contributed by atoms with van der Waals surface area (Å²) in [6.45, 7) is 0.575. The summed E-state index contributed by atoms with van der Waals surface area (Å²) in [5.41, 5.74) is 8.42. The number of rotatable bonds is 6. The number of methoxy groups -OCH3 is 1. The first-order valence-corrected chi connectivity index (χ1v) is 6.92. The van der Waals surface area contributed by atoms with Crippen LogP contribution in [0.2, 0.25) is 0 Å². The van der Waals surface area contributed by atoms with Gasteiger partial charge in [-0.15, -0.1) is 0 Å². The van der Waals surface area contributed by atoms with Crippen molar-refractivity contribution in [3.05, 3.63) is 59.7 Å². The van der Waals surface area contributed by atoms with Crippen molar-refractivity contribution in [1.29, 1.82) is 0 Å². The highest BCUT2D eigenvalue weighted by Gasteiger charge is 2.06. The number of nitrogen functional groups attached to an aromatic ring is 1. The third-order valence-corrected chi connectivity index (χ3v) is 3.32. The monoisotopic (exact) mass is 284 g/mol. The molecule has 2 aromatic rings. The number of carbonyl (C=O) groups is 1. The van der Waals surface area contributed by atoms with Gasteiger partial charge < -0.3 is 15.8 Å². The molecule has 4 nitrogen and oxygen atoms in total. The lowest BCUT2D eigenvalue weighted by Gasteiger charge is -2.09. The van der Waals surface area contributed by atoms with E-state index in [1.807, 2.05) is 42.5 Å². The summed E-state index contributed by atoms with van der Waals surface area (Å²) < 4.78 is 5.29. The van der Waals surface area contributed by atoms with Crippen LogP contribution in [0.25, 0.3) is 0 Å². The van der Waals surface area contributed by atoms with Crippen LogP contribution in [-0.2, 0) is 17.6 Å². The Morgan fingerprint density at radius 2 is 1.76 bits per heavy atom. The molecule has 2 aromatic carbocycles. The molecular weight excluding hydrogens is 264 g/mol. The predicted molar refractivity (Wildman–Crippen MR) is 84.3 cm³/mol. The zero-order chi connectivity index (χ0) is 15.1. The van der Waals surface area contributed by atoms with E-state index in [0.717, 1.165) is 23.3 Å². The van der Waals surface area contributed by atoms with Crippen LogP contribution < -0.4 is 15.8 Å². The number of anilines is 1. The van der Waals surface area contributed by atoms with Crippen molar-refractivity contribution in [1.82, 2.24) is 5.32 Å². The minimum Gasteiger partial charge on any atom is -0.496 e. The van der Waals surface area contributed by atoms with Gasteiger partial charge in [0.1, 0.15) is 5.75 Å². The first-order valence-electron chi connectivity index (χ1n) is 6.92. The van der Waals surface area contributed by atoms with Crippen LogP contribution in [0.4, 0.5) is 5.69 Å². The molecular formula is C17H20N2O2. The topological polar surface area (TPSA) is 64.3 Å². The Morgan fingerprint density at radius 3 is 2.48 bits per heavy atom. The summed E-state index contributed by atoms with van der Waals surface area (Å²) in [6, 6.07) is 15.2. The quantitative estimate of drug-likeness (QED) is 0.799. The SMILES string of the molecule is COc1ccccc1CCNC(=O)Cc1ccccc1N. The zero-order valence-corrected chi connectivity index (χ0v) is 12.1. The second-order valence-electron chi connectivity index (χ2n) is 4.79. The summed E-state index contributed by atoms with van der Waals surface area (Å²) in [5, 5.41) is 2.91. The number of ether oxygens (including phenoxy) is 1. The summed E-state index contributed by atoms with van der Waals surface area (Å²) in [6.07, 6.45) is 1.04. The van der Waals surface area contributed by atoms with Gasteiger partial charge in [-0.2, -0.15) is 0 Å². The third-order valence-electron chi connectivity index (χ3n) is 3.32. The summed E-state index contributed by atoms with van der Waals surface area (Å²) >= 11 is 0. The fourth-order valence-corrected chi connectivity index (χ4v) is 2.18. The van der Waals surface area contributed by atoms with E-state index in [1.165, 1.54) is 0 Å². The molecule has 2 rings (SSSR count). The molecule has 0 saturated heterocycles. The fraction of sp³-hybridized carbons (Fsp3) is 0.235. The van der Waals surface area contributed by atoms with E-state index >= 15 is 0 Å². The van der Waals surface area contributed by atoms with E-state index in [1.54, 1.807) is 13.2 Å². The van der Waals surface area contributed by atoms with E-state index in [2.05, 4.69) is 5.32 Å². The zero-order valence-electron chi connectivity index (χ0n) is 12.1. The second-order valence-corrected chi connectivity index (χ2v) is 4.79. The molecule has 4 heteroatoms. The van der Waals surface area contributed by atoms with Gasteiger partial charge in [-0.3, -0.25) is 4.79 Å². The lowest BCUT2D eigenvalue weighted by Crippen LogP contribution is -2.27. The smallest absolute Gasteiger partial charge is 0.224 e. The Balaban J connectivity index is 1.83. The number of carbonyl (C=O) groups excluding carboxylic acids is 1. The van der Waals surface area contributed by atoms with Crippen molar-refractivity contribution in [2.75, 3.05) is 19.4 Å². The van der Waals surface area contributed by atoms with Crippen LogP contribution in [0.15, 0.2) is 48.5 Å². The maximum atomic E-state index is 11.9. The molecule has 21 heavy (non-hydrogen) atoms. The van der Waals surface area contributed by atoms with Gasteiger partial charge in [0.15, 0.2) is 0 Å². The highest BCUT2D eigenvalue weighted by atomic mass is 16.5. The van der Waals surface area contributed by atoms with Crippen molar-refractivity contribution in [3.8, 4) is 5.75 Å². The van der Waals surface area contributed by atoms with Crippen molar-refractivity contribution >= 4 is 11.6 Å². The average molecular weight is 284 g/mol.